The van der Waals surface area contributed by atoms with Crippen molar-refractivity contribution in [3.63, 3.8) is 0 Å². The van der Waals surface area contributed by atoms with E-state index in [1.807, 2.05) is 0 Å². The highest BCUT2D eigenvalue weighted by atomic mass is 32.2. The number of carbonyl (C=O) groups excluding carboxylic acids is 2. The lowest BCUT2D eigenvalue weighted by Gasteiger charge is -2.10. The van der Waals surface area contributed by atoms with Crippen LogP contribution in [0.4, 0.5) is 15.8 Å². The molecule has 0 atom stereocenters. The van der Waals surface area contributed by atoms with Crippen molar-refractivity contribution in [1.29, 1.82) is 0 Å². The third kappa shape index (κ3) is 6.88. The standard InChI is InChI=1S/C24H23FN2O5S/c1-32-21-12-8-17(9-13-21)23(28)6-3-7-24(29)26-19-10-14-22(15-11-19)33(30,31)27-20-5-2-4-18(25)16-20/h2,4-5,8-16,27H,3,6-7H2,1H3,(H,26,29). The van der Waals surface area contributed by atoms with Crippen molar-refractivity contribution >= 4 is 33.1 Å². The van der Waals surface area contributed by atoms with Crippen LogP contribution in [0.5, 0.6) is 5.75 Å². The number of halogens is 1. The Labute approximate surface area is 191 Å². The Bertz CT molecular complexity index is 1230. The SMILES string of the molecule is COc1ccc(C(=O)CCCC(=O)Nc2ccc(S(=O)(=O)Nc3cccc(F)c3)cc2)cc1. The average Bonchev–Trinajstić information content (AvgIpc) is 2.79. The monoisotopic (exact) mass is 470 g/mol. The maximum atomic E-state index is 13.3. The molecule has 172 valence electrons. The molecule has 33 heavy (non-hydrogen) atoms. The predicted octanol–water partition coefficient (Wildman–Crippen LogP) is 4.63. The number of rotatable bonds is 10. The molecule has 0 unspecified atom stereocenters. The van der Waals surface area contributed by atoms with Gasteiger partial charge in [0.05, 0.1) is 17.7 Å². The highest BCUT2D eigenvalue weighted by Crippen LogP contribution is 2.19. The fraction of sp³-hybridized carbons (Fsp3) is 0.167. The minimum atomic E-state index is -3.90. The number of nitrogens with one attached hydrogen (secondary N) is 2. The molecule has 3 rings (SSSR count). The summed E-state index contributed by atoms with van der Waals surface area (Å²) in [6.07, 6.45) is 0.743. The van der Waals surface area contributed by atoms with Crippen molar-refractivity contribution in [1.82, 2.24) is 0 Å². The first-order valence-corrected chi connectivity index (χ1v) is 11.6. The number of ketones is 1. The van der Waals surface area contributed by atoms with E-state index in [0.29, 0.717) is 23.4 Å². The molecule has 2 N–H and O–H groups in total. The van der Waals surface area contributed by atoms with E-state index in [1.165, 1.54) is 42.5 Å². The van der Waals surface area contributed by atoms with Gasteiger partial charge in [-0.05, 0) is 73.2 Å². The third-order valence-corrected chi connectivity index (χ3v) is 6.14. The Morgan fingerprint density at radius 2 is 1.61 bits per heavy atom. The molecule has 0 bridgehead atoms. The molecule has 0 aromatic heterocycles. The van der Waals surface area contributed by atoms with E-state index in [4.69, 9.17) is 4.74 Å². The number of Topliss-reactive ketones (excluding diaryl/α,β-unsaturated/α-hetero) is 1. The molecule has 0 saturated carbocycles. The quantitative estimate of drug-likeness (QED) is 0.421. The Morgan fingerprint density at radius 1 is 0.909 bits per heavy atom. The topological polar surface area (TPSA) is 102 Å². The number of amides is 1. The summed E-state index contributed by atoms with van der Waals surface area (Å²) in [5, 5.41) is 2.67. The van der Waals surface area contributed by atoms with Crippen molar-refractivity contribution in [2.45, 2.75) is 24.2 Å². The van der Waals surface area contributed by atoms with Crippen molar-refractivity contribution in [2.24, 2.45) is 0 Å². The van der Waals surface area contributed by atoms with E-state index < -0.39 is 15.8 Å². The molecule has 9 heteroatoms. The minimum absolute atomic E-state index is 0.0325. The second kappa shape index (κ2) is 10.7. The summed E-state index contributed by atoms with van der Waals surface area (Å²) in [7, 11) is -2.36. The number of anilines is 2. The van der Waals surface area contributed by atoms with Crippen LogP contribution in [0.1, 0.15) is 29.6 Å². The number of carbonyl (C=O) groups is 2. The van der Waals surface area contributed by atoms with Gasteiger partial charge in [0.1, 0.15) is 11.6 Å². The second-order valence-electron chi connectivity index (χ2n) is 7.19. The maximum absolute atomic E-state index is 13.3. The van der Waals surface area contributed by atoms with Gasteiger partial charge < -0.3 is 10.1 Å². The minimum Gasteiger partial charge on any atom is -0.497 e. The molecular formula is C24H23FN2O5S. The van der Waals surface area contributed by atoms with E-state index in [9.17, 15) is 22.4 Å². The molecule has 0 aliphatic carbocycles. The van der Waals surface area contributed by atoms with Crippen LogP contribution in [0, 0.1) is 5.82 Å². The number of benzene rings is 3. The Hall–Kier alpha value is -3.72. The van der Waals surface area contributed by atoms with Gasteiger partial charge in [0.2, 0.25) is 5.91 Å². The summed E-state index contributed by atoms with van der Waals surface area (Å²) in [6, 6.07) is 17.5. The fourth-order valence-electron chi connectivity index (χ4n) is 3.04. The largest absolute Gasteiger partial charge is 0.497 e. The molecule has 0 radical (unpaired) electrons. The van der Waals surface area contributed by atoms with Crippen LogP contribution in [0.25, 0.3) is 0 Å². The number of ether oxygens (including phenoxy) is 1. The van der Waals surface area contributed by atoms with Gasteiger partial charge in [0.25, 0.3) is 10.0 Å². The highest BCUT2D eigenvalue weighted by Gasteiger charge is 2.15. The van der Waals surface area contributed by atoms with Crippen LogP contribution in [0.15, 0.2) is 77.7 Å². The molecule has 0 spiro atoms. The zero-order chi connectivity index (χ0) is 23.8. The molecule has 0 fully saturated rings. The summed E-state index contributed by atoms with van der Waals surface area (Å²) in [6.45, 7) is 0. The smallest absolute Gasteiger partial charge is 0.261 e. The van der Waals surface area contributed by atoms with Crippen LogP contribution in [-0.2, 0) is 14.8 Å². The lowest BCUT2D eigenvalue weighted by Crippen LogP contribution is -2.14. The van der Waals surface area contributed by atoms with E-state index >= 15 is 0 Å². The highest BCUT2D eigenvalue weighted by molar-refractivity contribution is 7.92. The van der Waals surface area contributed by atoms with Crippen molar-refractivity contribution in [2.75, 3.05) is 17.1 Å². The zero-order valence-corrected chi connectivity index (χ0v) is 18.7. The molecule has 3 aromatic rings. The van der Waals surface area contributed by atoms with Gasteiger partial charge in [0, 0.05) is 24.1 Å². The average molecular weight is 471 g/mol. The third-order valence-electron chi connectivity index (χ3n) is 4.74. The first-order chi connectivity index (χ1) is 15.8. The molecular weight excluding hydrogens is 447 g/mol. The molecule has 0 saturated heterocycles. The van der Waals surface area contributed by atoms with E-state index in [-0.39, 0.29) is 35.1 Å². The van der Waals surface area contributed by atoms with Gasteiger partial charge in [-0.1, -0.05) is 6.07 Å². The predicted molar refractivity (Wildman–Crippen MR) is 123 cm³/mol. The van der Waals surface area contributed by atoms with Gasteiger partial charge in [-0.2, -0.15) is 0 Å². The normalized spacial score (nSPS) is 11.0. The van der Waals surface area contributed by atoms with E-state index in [0.717, 1.165) is 6.07 Å². The maximum Gasteiger partial charge on any atom is 0.261 e. The number of sulfonamides is 1. The van der Waals surface area contributed by atoms with Crippen LogP contribution in [-0.4, -0.2) is 27.2 Å². The van der Waals surface area contributed by atoms with Crippen LogP contribution in [0.2, 0.25) is 0 Å². The first kappa shape index (κ1) is 23.9. The Kier molecular flexibility index (Phi) is 7.78. The number of hydrogen-bond acceptors (Lipinski definition) is 5. The van der Waals surface area contributed by atoms with Crippen LogP contribution < -0.4 is 14.8 Å². The zero-order valence-electron chi connectivity index (χ0n) is 17.9. The van der Waals surface area contributed by atoms with Crippen LogP contribution in [0.3, 0.4) is 0 Å². The molecule has 7 nitrogen and oxygen atoms in total. The molecule has 0 aliphatic rings. The molecule has 0 aliphatic heterocycles. The van der Waals surface area contributed by atoms with Gasteiger partial charge in [-0.3, -0.25) is 14.3 Å². The van der Waals surface area contributed by atoms with Crippen LogP contribution >= 0.6 is 0 Å². The summed E-state index contributed by atoms with van der Waals surface area (Å²) in [5.41, 5.74) is 1.09. The van der Waals surface area contributed by atoms with Crippen molar-refractivity contribution < 1.29 is 27.1 Å². The summed E-state index contributed by atoms with van der Waals surface area (Å²) < 4.78 is 45.5. The lowest BCUT2D eigenvalue weighted by molar-refractivity contribution is -0.116. The Morgan fingerprint density at radius 3 is 2.24 bits per heavy atom. The van der Waals surface area contributed by atoms with Gasteiger partial charge in [0.15, 0.2) is 5.78 Å². The molecule has 3 aromatic carbocycles. The van der Waals surface area contributed by atoms with Gasteiger partial charge >= 0.3 is 0 Å². The fourth-order valence-corrected chi connectivity index (χ4v) is 4.09. The van der Waals surface area contributed by atoms with Crippen molar-refractivity contribution in [3.05, 3.63) is 84.2 Å². The summed E-state index contributed by atoms with van der Waals surface area (Å²) in [4.78, 5) is 24.3. The van der Waals surface area contributed by atoms with Crippen molar-refractivity contribution in [3.8, 4) is 5.75 Å². The van der Waals surface area contributed by atoms with E-state index in [1.54, 1.807) is 31.4 Å². The van der Waals surface area contributed by atoms with Gasteiger partial charge in [-0.15, -0.1) is 0 Å². The molecule has 1 amide bonds. The summed E-state index contributed by atoms with van der Waals surface area (Å²) in [5.74, 6) is -0.245. The summed E-state index contributed by atoms with van der Waals surface area (Å²) >= 11 is 0. The van der Waals surface area contributed by atoms with E-state index in [2.05, 4.69) is 10.0 Å². The first-order valence-electron chi connectivity index (χ1n) is 10.1. The number of methoxy groups -OCH3 is 1. The Balaban J connectivity index is 1.49. The second-order valence-corrected chi connectivity index (χ2v) is 8.88. The lowest BCUT2D eigenvalue weighted by atomic mass is 10.1. The number of hydrogen-bond donors (Lipinski definition) is 2. The van der Waals surface area contributed by atoms with Gasteiger partial charge in [-0.25, -0.2) is 12.8 Å². The molecule has 0 heterocycles.